The third-order valence-electron chi connectivity index (χ3n) is 7.15. The lowest BCUT2D eigenvalue weighted by atomic mass is 9.85. The minimum absolute atomic E-state index is 0.00653. The van der Waals surface area contributed by atoms with E-state index >= 15 is 0 Å². The first-order valence-corrected chi connectivity index (χ1v) is 15.2. The van der Waals surface area contributed by atoms with Crippen LogP contribution in [0, 0.1) is 11.8 Å². The molecule has 0 aromatic carbocycles. The molecule has 0 aromatic rings. The lowest BCUT2D eigenvalue weighted by molar-refractivity contribution is -0.140. The lowest BCUT2D eigenvalue weighted by Gasteiger charge is -2.27. The molecule has 0 saturated carbocycles. The normalized spacial score (nSPS) is 17.3. The largest absolute Gasteiger partial charge is 0.422 e. The number of Topliss-reactive ketones (excluding diaryl/α,β-unsaturated/α-hetero) is 4. The second-order valence-corrected chi connectivity index (χ2v) is 12.5. The molecule has 0 N–H and O–H groups in total. The summed E-state index contributed by atoms with van der Waals surface area (Å²) < 4.78 is 10.5. The van der Waals surface area contributed by atoms with E-state index in [1.165, 1.54) is 13.8 Å². The van der Waals surface area contributed by atoms with E-state index in [0.717, 1.165) is 36.8 Å². The van der Waals surface area contributed by atoms with Crippen LogP contribution in [0.5, 0.6) is 0 Å². The van der Waals surface area contributed by atoms with Crippen molar-refractivity contribution in [1.82, 2.24) is 0 Å². The quantitative estimate of drug-likeness (QED) is 0.131. The monoisotopic (exact) mass is 610 g/mol. The lowest BCUT2D eigenvalue weighted by Crippen LogP contribution is -2.30. The SMILES string of the molecule is CC(=O)OC1=C([C@H](C)CCC=C(C)C)C(=O)C(SC2=C(C)C(=O)C(OC(C)=O)=C([C@H](C)CCC=C(C)C)C2=O)=C(C)C1=O. The number of hydrogen-bond donors (Lipinski definition) is 0. The molecule has 0 bridgehead atoms. The van der Waals surface area contributed by atoms with E-state index in [9.17, 15) is 28.8 Å². The molecule has 2 aliphatic carbocycles. The minimum Gasteiger partial charge on any atom is -0.422 e. The van der Waals surface area contributed by atoms with Crippen molar-refractivity contribution in [2.75, 3.05) is 0 Å². The summed E-state index contributed by atoms with van der Waals surface area (Å²) in [6.07, 6.45) is 6.35. The van der Waals surface area contributed by atoms with Crippen LogP contribution < -0.4 is 0 Å². The number of hydrogen-bond acceptors (Lipinski definition) is 9. The average molecular weight is 611 g/mol. The summed E-state index contributed by atoms with van der Waals surface area (Å²) in [4.78, 5) is 78.8. The van der Waals surface area contributed by atoms with E-state index in [1.807, 2.05) is 39.8 Å². The molecule has 9 heteroatoms. The fourth-order valence-corrected chi connectivity index (χ4v) is 5.95. The Bertz CT molecular complexity index is 1330. The van der Waals surface area contributed by atoms with Crippen molar-refractivity contribution in [1.29, 1.82) is 0 Å². The van der Waals surface area contributed by atoms with Crippen molar-refractivity contribution < 1.29 is 38.2 Å². The first-order chi connectivity index (χ1) is 20.0. The Morgan fingerprint density at radius 1 is 0.628 bits per heavy atom. The van der Waals surface area contributed by atoms with Crippen molar-refractivity contribution in [2.24, 2.45) is 11.8 Å². The number of ether oxygens (including phenoxy) is 2. The van der Waals surface area contributed by atoms with Crippen molar-refractivity contribution in [3.63, 3.8) is 0 Å². The molecule has 0 aliphatic heterocycles. The zero-order valence-corrected chi connectivity index (χ0v) is 27.6. The van der Waals surface area contributed by atoms with Crippen LogP contribution in [0.1, 0.15) is 94.9 Å². The third kappa shape index (κ3) is 8.72. The minimum atomic E-state index is -0.726. The molecule has 0 heterocycles. The molecule has 2 rings (SSSR count). The van der Waals surface area contributed by atoms with Gasteiger partial charge < -0.3 is 9.47 Å². The molecule has 0 fully saturated rings. The Kier molecular flexibility index (Phi) is 12.6. The van der Waals surface area contributed by atoms with E-state index < -0.39 is 46.9 Å². The fourth-order valence-electron chi connectivity index (χ4n) is 4.85. The number of carbonyl (C=O) groups is 6. The number of allylic oxidation sites excluding steroid dienone is 10. The molecule has 2 aliphatic rings. The molecule has 2 atom stereocenters. The standard InChI is InChI=1S/C34H42O8S/c1-17(2)13-11-15-19(5)25-29(39)33(21(7)27(37)31(25)41-23(9)35)43-34-22(8)28(38)32(42-24(10)36)26(30(34)40)20(6)16-12-14-18(3)4/h13-14,19-20H,11-12,15-16H2,1-10H3/t19-,20-/m1/s1. The maximum Gasteiger partial charge on any atom is 0.308 e. The average Bonchev–Trinajstić information content (AvgIpc) is 2.89. The van der Waals surface area contributed by atoms with Gasteiger partial charge in [-0.2, -0.15) is 0 Å². The van der Waals surface area contributed by atoms with E-state index in [-0.39, 0.29) is 43.6 Å². The molecular weight excluding hydrogens is 568 g/mol. The maximum atomic E-state index is 14.0. The van der Waals surface area contributed by atoms with Gasteiger partial charge in [0.25, 0.3) is 0 Å². The first-order valence-electron chi connectivity index (χ1n) is 14.4. The van der Waals surface area contributed by atoms with Gasteiger partial charge in [-0.3, -0.25) is 28.8 Å². The van der Waals surface area contributed by atoms with Crippen molar-refractivity contribution in [3.8, 4) is 0 Å². The Labute approximate surface area is 258 Å². The van der Waals surface area contributed by atoms with E-state index in [1.54, 1.807) is 13.8 Å². The summed E-state index contributed by atoms with van der Waals surface area (Å²) >= 11 is 0.768. The number of carbonyl (C=O) groups excluding carboxylic acids is 6. The highest BCUT2D eigenvalue weighted by molar-refractivity contribution is 8.08. The van der Waals surface area contributed by atoms with Crippen molar-refractivity contribution in [2.45, 2.75) is 94.9 Å². The Hall–Kier alpha value is -3.59. The Balaban J connectivity index is 2.60. The second-order valence-electron chi connectivity index (χ2n) is 11.5. The molecule has 0 amide bonds. The summed E-state index contributed by atoms with van der Waals surface area (Å²) in [7, 11) is 0. The van der Waals surface area contributed by atoms with Crippen LogP contribution in [0.4, 0.5) is 0 Å². The van der Waals surface area contributed by atoms with Crippen LogP contribution >= 0.6 is 11.8 Å². The molecular formula is C34H42O8S. The number of esters is 2. The van der Waals surface area contributed by atoms with Gasteiger partial charge in [0, 0.05) is 25.0 Å². The van der Waals surface area contributed by atoms with E-state index in [4.69, 9.17) is 9.47 Å². The van der Waals surface area contributed by atoms with Gasteiger partial charge in [-0.15, -0.1) is 0 Å². The molecule has 0 unspecified atom stereocenters. The molecule has 43 heavy (non-hydrogen) atoms. The second kappa shape index (κ2) is 15.2. The highest BCUT2D eigenvalue weighted by atomic mass is 32.2. The van der Waals surface area contributed by atoms with Gasteiger partial charge in [0.15, 0.2) is 23.1 Å². The van der Waals surface area contributed by atoms with Crippen LogP contribution in [0.2, 0.25) is 0 Å². The van der Waals surface area contributed by atoms with Crippen LogP contribution in [-0.2, 0) is 38.2 Å². The van der Waals surface area contributed by atoms with Gasteiger partial charge in [0.2, 0.25) is 11.6 Å². The zero-order valence-electron chi connectivity index (χ0n) is 26.8. The summed E-state index contributed by atoms with van der Waals surface area (Å²) in [6, 6.07) is 0. The van der Waals surface area contributed by atoms with Crippen LogP contribution in [-0.4, -0.2) is 35.1 Å². The first kappa shape index (κ1) is 35.6. The van der Waals surface area contributed by atoms with Crippen molar-refractivity contribution >= 4 is 46.8 Å². The van der Waals surface area contributed by atoms with Gasteiger partial charge in [0.05, 0.1) is 21.0 Å². The molecule has 0 spiro atoms. The van der Waals surface area contributed by atoms with Crippen LogP contribution in [0.25, 0.3) is 0 Å². The van der Waals surface area contributed by atoms with Crippen LogP contribution in [0.3, 0.4) is 0 Å². The summed E-state index contributed by atoms with van der Waals surface area (Å²) in [6.45, 7) is 16.6. The predicted molar refractivity (Wildman–Crippen MR) is 166 cm³/mol. The Morgan fingerprint density at radius 3 is 1.23 bits per heavy atom. The number of thioether (sulfide) groups is 1. The van der Waals surface area contributed by atoms with E-state index in [2.05, 4.69) is 0 Å². The molecule has 8 nitrogen and oxygen atoms in total. The summed E-state index contributed by atoms with van der Waals surface area (Å²) in [5.41, 5.74) is 2.37. The summed E-state index contributed by atoms with van der Waals surface area (Å²) in [5, 5.41) is 0. The fraction of sp³-hybridized carbons (Fsp3) is 0.471. The van der Waals surface area contributed by atoms with Gasteiger partial charge in [0.1, 0.15) is 0 Å². The molecule has 0 radical (unpaired) electrons. The number of ketones is 4. The maximum absolute atomic E-state index is 14.0. The third-order valence-corrected chi connectivity index (χ3v) is 8.54. The van der Waals surface area contributed by atoms with E-state index in [0.29, 0.717) is 25.7 Å². The predicted octanol–water partition coefficient (Wildman–Crippen LogP) is 6.97. The number of rotatable bonds is 12. The zero-order chi connectivity index (χ0) is 32.8. The van der Waals surface area contributed by atoms with Gasteiger partial charge >= 0.3 is 11.9 Å². The van der Waals surface area contributed by atoms with Gasteiger partial charge in [-0.1, -0.05) is 48.9 Å². The molecule has 232 valence electrons. The Morgan fingerprint density at radius 2 is 0.953 bits per heavy atom. The van der Waals surface area contributed by atoms with Gasteiger partial charge in [-0.25, -0.2) is 0 Å². The highest BCUT2D eigenvalue weighted by Gasteiger charge is 2.42. The highest BCUT2D eigenvalue weighted by Crippen LogP contribution is 2.44. The molecule has 0 aromatic heterocycles. The van der Waals surface area contributed by atoms with Crippen molar-refractivity contribution in [3.05, 3.63) is 66.9 Å². The summed E-state index contributed by atoms with van der Waals surface area (Å²) in [5.74, 6) is -5.24. The topological polar surface area (TPSA) is 121 Å². The van der Waals surface area contributed by atoms with Crippen LogP contribution in [0.15, 0.2) is 66.9 Å². The smallest absolute Gasteiger partial charge is 0.308 e. The molecule has 0 saturated heterocycles. The van der Waals surface area contributed by atoms with Gasteiger partial charge in [-0.05, 0) is 79.1 Å².